The van der Waals surface area contributed by atoms with Crippen LogP contribution in [-0.2, 0) is 14.3 Å². The zero-order valence-electron chi connectivity index (χ0n) is 16.4. The van der Waals surface area contributed by atoms with Gasteiger partial charge in [0, 0.05) is 11.9 Å². The second-order valence-electron chi connectivity index (χ2n) is 5.84. The molecule has 160 valence electrons. The van der Waals surface area contributed by atoms with Gasteiger partial charge in [0.25, 0.3) is 0 Å². The number of nitrogen functional groups attached to an aromatic ring is 1. The number of thioether (sulfide) groups is 1. The fraction of sp³-hybridized carbons (Fsp3) is 0.316. The van der Waals surface area contributed by atoms with Crippen LogP contribution in [0.25, 0.3) is 0 Å². The minimum Gasteiger partial charge on any atom is -0.462 e. The number of benzene rings is 1. The number of nitrogens with zero attached hydrogens (tertiary/aromatic N) is 2. The Kier molecular flexibility index (Phi) is 8.88. The Hall–Kier alpha value is -2.85. The van der Waals surface area contributed by atoms with Gasteiger partial charge in [0.1, 0.15) is 11.4 Å². The predicted octanol–water partition coefficient (Wildman–Crippen LogP) is 3.19. The van der Waals surface area contributed by atoms with Gasteiger partial charge in [-0.25, -0.2) is 19.6 Å². The lowest BCUT2D eigenvalue weighted by atomic mass is 10.2. The van der Waals surface area contributed by atoms with Crippen LogP contribution in [0, 0.1) is 0 Å². The van der Waals surface area contributed by atoms with Gasteiger partial charge in [0.05, 0.1) is 29.6 Å². The molecule has 3 N–H and O–H groups in total. The average molecular weight is 453 g/mol. The summed E-state index contributed by atoms with van der Waals surface area (Å²) < 4.78 is 9.93. The number of hydrogen-bond donors (Lipinski definition) is 2. The second kappa shape index (κ2) is 11.4. The van der Waals surface area contributed by atoms with Crippen LogP contribution in [0.3, 0.4) is 0 Å². The Morgan fingerprint density at radius 2 is 1.90 bits per heavy atom. The molecule has 30 heavy (non-hydrogen) atoms. The Labute approximate surface area is 182 Å². The maximum atomic E-state index is 12.2. The van der Waals surface area contributed by atoms with Crippen LogP contribution in [-0.4, -0.2) is 46.8 Å². The van der Waals surface area contributed by atoms with Gasteiger partial charge in [-0.3, -0.25) is 4.79 Å². The SMILES string of the molecule is CCCOC(=O)c1cc(NC(=O)CSc2ncc(C(=O)OCC)c(N)n2)ccc1Cl. The maximum absolute atomic E-state index is 12.2. The van der Waals surface area contributed by atoms with E-state index in [0.717, 1.165) is 11.8 Å². The molecule has 0 bridgehead atoms. The minimum atomic E-state index is -0.611. The molecule has 9 nitrogen and oxygen atoms in total. The Bertz CT molecular complexity index is 941. The largest absolute Gasteiger partial charge is 0.462 e. The standard InChI is InChI=1S/C19H21ClN4O5S/c1-3-7-29-17(26)12-8-11(5-6-14(12)20)23-15(25)10-30-19-22-9-13(16(21)24-19)18(27)28-4-2/h5-6,8-9H,3-4,7,10H2,1-2H3,(H,23,25)(H2,21,22,24). The number of carbonyl (C=O) groups excluding carboxylic acids is 3. The normalized spacial score (nSPS) is 10.4. The van der Waals surface area contributed by atoms with E-state index in [-0.39, 0.29) is 52.0 Å². The van der Waals surface area contributed by atoms with E-state index in [0.29, 0.717) is 12.1 Å². The van der Waals surface area contributed by atoms with E-state index < -0.39 is 11.9 Å². The number of aromatic nitrogens is 2. The summed E-state index contributed by atoms with van der Waals surface area (Å²) in [4.78, 5) is 44.0. The molecule has 11 heteroatoms. The number of nitrogens with one attached hydrogen (secondary N) is 1. The topological polar surface area (TPSA) is 134 Å². The zero-order chi connectivity index (χ0) is 22.1. The van der Waals surface area contributed by atoms with Crippen molar-refractivity contribution >= 4 is 52.7 Å². The monoisotopic (exact) mass is 452 g/mol. The highest BCUT2D eigenvalue weighted by molar-refractivity contribution is 7.99. The number of ether oxygens (including phenoxy) is 2. The number of carbonyl (C=O) groups is 3. The van der Waals surface area contributed by atoms with Crippen LogP contribution in [0.1, 0.15) is 41.0 Å². The van der Waals surface area contributed by atoms with Crippen LogP contribution in [0.5, 0.6) is 0 Å². The summed E-state index contributed by atoms with van der Waals surface area (Å²) in [5, 5.41) is 3.13. The minimum absolute atomic E-state index is 0.0174. The van der Waals surface area contributed by atoms with E-state index in [4.69, 9.17) is 26.8 Å². The molecule has 0 aliphatic heterocycles. The molecule has 0 aliphatic carbocycles. The number of hydrogen-bond acceptors (Lipinski definition) is 9. The third-order valence-electron chi connectivity index (χ3n) is 3.53. The van der Waals surface area contributed by atoms with Gasteiger partial charge in [-0.15, -0.1) is 0 Å². The van der Waals surface area contributed by atoms with Crippen LogP contribution in [0.4, 0.5) is 11.5 Å². The van der Waals surface area contributed by atoms with E-state index in [9.17, 15) is 14.4 Å². The molecule has 0 radical (unpaired) electrons. The van der Waals surface area contributed by atoms with Crippen LogP contribution < -0.4 is 11.1 Å². The molecule has 2 rings (SSSR count). The molecular weight excluding hydrogens is 432 g/mol. The number of esters is 2. The molecular formula is C19H21ClN4O5S. The van der Waals surface area contributed by atoms with Crippen molar-refractivity contribution < 1.29 is 23.9 Å². The molecule has 0 fully saturated rings. The Morgan fingerprint density at radius 3 is 2.57 bits per heavy atom. The lowest BCUT2D eigenvalue weighted by molar-refractivity contribution is -0.113. The lowest BCUT2D eigenvalue weighted by Crippen LogP contribution is -2.16. The molecule has 0 aliphatic rings. The summed E-state index contributed by atoms with van der Waals surface area (Å²) in [5.74, 6) is -1.57. The Morgan fingerprint density at radius 1 is 1.17 bits per heavy atom. The summed E-state index contributed by atoms with van der Waals surface area (Å²) in [7, 11) is 0. The van der Waals surface area contributed by atoms with Crippen molar-refractivity contribution in [3.8, 4) is 0 Å². The van der Waals surface area contributed by atoms with Gasteiger partial charge >= 0.3 is 11.9 Å². The molecule has 0 saturated carbocycles. The van der Waals surface area contributed by atoms with Gasteiger partial charge < -0.3 is 20.5 Å². The second-order valence-corrected chi connectivity index (χ2v) is 7.19. The molecule has 1 aromatic heterocycles. The van der Waals surface area contributed by atoms with E-state index >= 15 is 0 Å². The third-order valence-corrected chi connectivity index (χ3v) is 4.72. The average Bonchev–Trinajstić information content (AvgIpc) is 2.72. The zero-order valence-corrected chi connectivity index (χ0v) is 18.0. The predicted molar refractivity (Wildman–Crippen MR) is 114 cm³/mol. The van der Waals surface area contributed by atoms with Crippen LogP contribution >= 0.6 is 23.4 Å². The van der Waals surface area contributed by atoms with Gasteiger partial charge in [-0.05, 0) is 31.5 Å². The maximum Gasteiger partial charge on any atom is 0.343 e. The number of rotatable bonds is 9. The highest BCUT2D eigenvalue weighted by Gasteiger charge is 2.16. The summed E-state index contributed by atoms with van der Waals surface area (Å²) in [6.45, 7) is 4.04. The molecule has 1 aromatic carbocycles. The summed E-state index contributed by atoms with van der Waals surface area (Å²) in [5.41, 5.74) is 6.38. The molecule has 0 atom stereocenters. The van der Waals surface area contributed by atoms with E-state index in [1.165, 1.54) is 18.3 Å². The van der Waals surface area contributed by atoms with Crippen molar-refractivity contribution in [2.75, 3.05) is 30.0 Å². The molecule has 2 aromatic rings. The third kappa shape index (κ3) is 6.60. The molecule has 1 heterocycles. The van der Waals surface area contributed by atoms with E-state index in [1.807, 2.05) is 6.92 Å². The highest BCUT2D eigenvalue weighted by atomic mass is 35.5. The van der Waals surface area contributed by atoms with E-state index in [2.05, 4.69) is 15.3 Å². The smallest absolute Gasteiger partial charge is 0.343 e. The van der Waals surface area contributed by atoms with Crippen LogP contribution in [0.15, 0.2) is 29.6 Å². The molecule has 1 amide bonds. The number of anilines is 2. The van der Waals surface area contributed by atoms with Crippen molar-refractivity contribution in [3.63, 3.8) is 0 Å². The Balaban J connectivity index is 1.97. The van der Waals surface area contributed by atoms with Crippen molar-refractivity contribution in [1.82, 2.24) is 9.97 Å². The number of halogens is 1. The van der Waals surface area contributed by atoms with Crippen molar-refractivity contribution in [3.05, 3.63) is 40.5 Å². The van der Waals surface area contributed by atoms with Gasteiger partial charge in [0.15, 0.2) is 5.16 Å². The van der Waals surface area contributed by atoms with E-state index in [1.54, 1.807) is 13.0 Å². The van der Waals surface area contributed by atoms with Gasteiger partial charge in [-0.1, -0.05) is 30.3 Å². The molecule has 0 saturated heterocycles. The quantitative estimate of drug-likeness (QED) is 0.334. The summed E-state index contributed by atoms with van der Waals surface area (Å²) >= 11 is 7.07. The number of nitrogens with two attached hydrogens (primary N) is 1. The van der Waals surface area contributed by atoms with Gasteiger partial charge in [0.2, 0.25) is 5.91 Å². The first-order chi connectivity index (χ1) is 14.3. The van der Waals surface area contributed by atoms with Crippen LogP contribution in [0.2, 0.25) is 5.02 Å². The highest BCUT2D eigenvalue weighted by Crippen LogP contribution is 2.22. The fourth-order valence-corrected chi connectivity index (χ4v) is 2.99. The summed E-state index contributed by atoms with van der Waals surface area (Å²) in [6.07, 6.45) is 1.94. The van der Waals surface area contributed by atoms with Gasteiger partial charge in [-0.2, -0.15) is 0 Å². The first-order valence-corrected chi connectivity index (χ1v) is 10.4. The van der Waals surface area contributed by atoms with Crippen molar-refractivity contribution in [2.45, 2.75) is 25.4 Å². The fourth-order valence-electron chi connectivity index (χ4n) is 2.17. The molecule has 0 unspecified atom stereocenters. The summed E-state index contributed by atoms with van der Waals surface area (Å²) in [6, 6.07) is 4.53. The van der Waals surface area contributed by atoms with Crippen molar-refractivity contribution in [1.29, 1.82) is 0 Å². The lowest BCUT2D eigenvalue weighted by Gasteiger charge is -2.09. The first-order valence-electron chi connectivity index (χ1n) is 9.04. The first kappa shape index (κ1) is 23.4. The molecule has 0 spiro atoms. The van der Waals surface area contributed by atoms with Crippen molar-refractivity contribution in [2.24, 2.45) is 0 Å². The number of amides is 1.